The number of nitro groups is 1. The fraction of sp³-hybridized carbons (Fsp3) is 0.261. The highest BCUT2D eigenvalue weighted by Gasteiger charge is 2.88. The first-order valence-corrected chi connectivity index (χ1v) is 13.3. The molecule has 0 aromatic heterocycles. The van der Waals surface area contributed by atoms with Gasteiger partial charge in [0.2, 0.25) is 0 Å². The van der Waals surface area contributed by atoms with Crippen LogP contribution in [0, 0.1) is 22.0 Å². The molecular formula is C23H12Cl7N3O5. The minimum Gasteiger partial charge on any atom is -0.272 e. The van der Waals surface area contributed by atoms with Gasteiger partial charge >= 0.3 is 0 Å². The van der Waals surface area contributed by atoms with Crippen molar-refractivity contribution in [2.24, 2.45) is 11.8 Å². The number of fused-ring (bicyclic) bond motifs is 5. The molecule has 0 unspecified atom stereocenters. The van der Waals surface area contributed by atoms with E-state index in [1.165, 1.54) is 36.4 Å². The summed E-state index contributed by atoms with van der Waals surface area (Å²) in [4.78, 5) is 47.8. The average molecular weight is 659 g/mol. The smallest absolute Gasteiger partial charge is 0.272 e. The Morgan fingerprint density at radius 2 is 1.39 bits per heavy atom. The highest BCUT2D eigenvalue weighted by Crippen LogP contribution is 2.77. The summed E-state index contributed by atoms with van der Waals surface area (Å²) in [6, 6.07) is 11.2. The van der Waals surface area contributed by atoms with Gasteiger partial charge in [0.1, 0.15) is 9.75 Å². The van der Waals surface area contributed by atoms with Gasteiger partial charge in [-0.2, -0.15) is 5.01 Å². The van der Waals surface area contributed by atoms with Crippen LogP contribution in [0.5, 0.6) is 0 Å². The van der Waals surface area contributed by atoms with Crippen LogP contribution in [0.4, 0.5) is 5.69 Å². The SMILES string of the molecule is O=C(c1ccccc1Cl)N(Cc1ccc([N+](=O)[O-])cc1)N1C(=O)[C@H]2[C@H](C1=O)[C@@]1(Cl)C(Cl)=C(Cl)[C@@]2(Cl)C1(Cl)Cl. The lowest BCUT2D eigenvalue weighted by Crippen LogP contribution is -2.55. The number of hydrogen-bond donors (Lipinski definition) is 0. The van der Waals surface area contributed by atoms with Gasteiger partial charge in [0.15, 0.2) is 4.33 Å². The summed E-state index contributed by atoms with van der Waals surface area (Å²) in [5.41, 5.74) is 0.147. The van der Waals surface area contributed by atoms with E-state index in [-0.39, 0.29) is 32.9 Å². The number of hydrogen-bond acceptors (Lipinski definition) is 5. The van der Waals surface area contributed by atoms with Gasteiger partial charge in [0.05, 0.1) is 44.0 Å². The summed E-state index contributed by atoms with van der Waals surface area (Å²) in [6.45, 7) is -0.356. The van der Waals surface area contributed by atoms with Crippen molar-refractivity contribution in [1.82, 2.24) is 10.0 Å². The quantitative estimate of drug-likeness (QED) is 0.164. The number of imide groups is 1. The molecule has 198 valence electrons. The van der Waals surface area contributed by atoms with Crippen LogP contribution in [-0.2, 0) is 16.1 Å². The van der Waals surface area contributed by atoms with Gasteiger partial charge in [-0.25, -0.2) is 5.01 Å². The zero-order valence-electron chi connectivity index (χ0n) is 18.5. The van der Waals surface area contributed by atoms with Crippen molar-refractivity contribution >= 4 is 105 Å². The fourth-order valence-corrected chi connectivity index (χ4v) is 8.27. The van der Waals surface area contributed by atoms with E-state index < -0.39 is 48.6 Å². The van der Waals surface area contributed by atoms with E-state index in [9.17, 15) is 24.5 Å². The number of non-ortho nitro benzene ring substituents is 1. The molecule has 3 amide bonds. The summed E-state index contributed by atoms with van der Waals surface area (Å²) >= 11 is 45.6. The molecule has 38 heavy (non-hydrogen) atoms. The van der Waals surface area contributed by atoms with Crippen LogP contribution in [0.1, 0.15) is 15.9 Å². The molecule has 15 heteroatoms. The standard InChI is InChI=1S/C23H12Cl7N3O5/c24-13-4-2-1-3-12(13)18(34)31(9-10-5-7-11(8-6-10)33(37)38)32-19(35)14-15(20(32)36)22(28)17(26)16(25)21(14,27)23(22,29)30/h1-8,14-15H,9H2/t14-,15-,21-,22-/m1/s1. The Morgan fingerprint density at radius 3 is 1.87 bits per heavy atom. The molecule has 4 atom stereocenters. The number of carbonyl (C=O) groups is 3. The van der Waals surface area contributed by atoms with Crippen LogP contribution in [0.25, 0.3) is 0 Å². The van der Waals surface area contributed by atoms with E-state index in [1.807, 2.05) is 0 Å². The van der Waals surface area contributed by atoms with Crippen molar-refractivity contribution in [3.63, 3.8) is 0 Å². The third kappa shape index (κ3) is 3.41. The predicted molar refractivity (Wildman–Crippen MR) is 144 cm³/mol. The number of benzene rings is 2. The molecule has 0 N–H and O–H groups in total. The van der Waals surface area contributed by atoms with Gasteiger partial charge in [0.25, 0.3) is 23.4 Å². The number of rotatable bonds is 5. The van der Waals surface area contributed by atoms with Gasteiger partial charge in [-0.1, -0.05) is 82.3 Å². The predicted octanol–water partition coefficient (Wildman–Crippen LogP) is 6.25. The Hall–Kier alpha value is -1.78. The summed E-state index contributed by atoms with van der Waals surface area (Å²) in [5.74, 6) is -5.61. The minimum atomic E-state index is -2.14. The molecule has 0 spiro atoms. The first-order valence-electron chi connectivity index (χ1n) is 10.7. The van der Waals surface area contributed by atoms with E-state index in [1.54, 1.807) is 12.1 Å². The van der Waals surface area contributed by atoms with Crippen LogP contribution < -0.4 is 0 Å². The third-order valence-corrected chi connectivity index (χ3v) is 11.5. The summed E-state index contributed by atoms with van der Waals surface area (Å²) in [7, 11) is 0. The molecule has 2 bridgehead atoms. The van der Waals surface area contributed by atoms with Gasteiger partial charge < -0.3 is 0 Å². The van der Waals surface area contributed by atoms with E-state index in [0.29, 0.717) is 10.6 Å². The maximum absolute atomic E-state index is 13.9. The number of nitrogens with zero attached hydrogens (tertiary/aromatic N) is 3. The number of alkyl halides is 4. The van der Waals surface area contributed by atoms with E-state index in [4.69, 9.17) is 81.2 Å². The number of nitro benzene ring substituents is 1. The Morgan fingerprint density at radius 1 is 0.895 bits per heavy atom. The van der Waals surface area contributed by atoms with Crippen LogP contribution in [0.2, 0.25) is 5.02 Å². The van der Waals surface area contributed by atoms with Crippen LogP contribution in [0.15, 0.2) is 58.6 Å². The van der Waals surface area contributed by atoms with E-state index >= 15 is 0 Å². The molecule has 2 fully saturated rings. The fourth-order valence-electron chi connectivity index (χ4n) is 5.12. The molecular weight excluding hydrogens is 646 g/mol. The maximum atomic E-state index is 13.9. The normalized spacial score (nSPS) is 29.2. The summed E-state index contributed by atoms with van der Waals surface area (Å²) < 4.78 is -2.14. The first kappa shape index (κ1) is 27.8. The highest BCUT2D eigenvalue weighted by atomic mass is 35.5. The van der Waals surface area contributed by atoms with Crippen LogP contribution in [0.3, 0.4) is 0 Å². The second-order valence-electron chi connectivity index (χ2n) is 8.84. The van der Waals surface area contributed by atoms with Crippen molar-refractivity contribution in [2.75, 3.05) is 0 Å². The molecule has 3 aliphatic rings. The Kier molecular flexibility index (Phi) is 6.67. The third-order valence-electron chi connectivity index (χ3n) is 6.95. The van der Waals surface area contributed by atoms with Crippen LogP contribution in [-0.4, -0.2) is 46.7 Å². The molecule has 1 heterocycles. The lowest BCUT2D eigenvalue weighted by Gasteiger charge is -2.37. The molecule has 1 aliphatic heterocycles. The Balaban J connectivity index is 1.61. The maximum Gasteiger partial charge on any atom is 0.274 e. The number of hydrazine groups is 1. The number of carbonyl (C=O) groups excluding carboxylic acids is 3. The van der Waals surface area contributed by atoms with E-state index in [2.05, 4.69) is 0 Å². The summed E-state index contributed by atoms with van der Waals surface area (Å²) in [5, 5.41) is 12.0. The van der Waals surface area contributed by atoms with Crippen molar-refractivity contribution in [3.8, 4) is 0 Å². The second kappa shape index (κ2) is 9.13. The molecule has 2 aromatic carbocycles. The lowest BCUT2D eigenvalue weighted by atomic mass is 9.84. The number of amides is 3. The zero-order chi connectivity index (χ0) is 27.9. The van der Waals surface area contributed by atoms with Crippen molar-refractivity contribution < 1.29 is 19.3 Å². The molecule has 2 aromatic rings. The number of allylic oxidation sites excluding steroid dienone is 2. The van der Waals surface area contributed by atoms with Gasteiger partial charge in [-0.3, -0.25) is 24.5 Å². The molecule has 1 saturated heterocycles. The van der Waals surface area contributed by atoms with Gasteiger partial charge in [-0.15, -0.1) is 23.2 Å². The average Bonchev–Trinajstić information content (AvgIpc) is 3.26. The lowest BCUT2D eigenvalue weighted by molar-refractivity contribution is -0.384. The van der Waals surface area contributed by atoms with Crippen molar-refractivity contribution in [1.29, 1.82) is 0 Å². The monoisotopic (exact) mass is 655 g/mol. The topological polar surface area (TPSA) is 101 Å². The van der Waals surface area contributed by atoms with Crippen molar-refractivity contribution in [3.05, 3.63) is 84.9 Å². The van der Waals surface area contributed by atoms with E-state index in [0.717, 1.165) is 5.01 Å². The summed E-state index contributed by atoms with van der Waals surface area (Å²) in [6.07, 6.45) is 0. The number of halogens is 7. The van der Waals surface area contributed by atoms with Gasteiger partial charge in [0, 0.05) is 12.1 Å². The van der Waals surface area contributed by atoms with Crippen LogP contribution >= 0.6 is 81.2 Å². The molecule has 8 nitrogen and oxygen atoms in total. The Labute approximate surface area is 250 Å². The largest absolute Gasteiger partial charge is 0.274 e. The molecule has 1 saturated carbocycles. The highest BCUT2D eigenvalue weighted by molar-refractivity contribution is 6.66. The molecule has 5 rings (SSSR count). The molecule has 2 aliphatic carbocycles. The zero-order valence-corrected chi connectivity index (χ0v) is 23.8. The Bertz CT molecular complexity index is 1420. The second-order valence-corrected chi connectivity index (χ2v) is 12.5. The van der Waals surface area contributed by atoms with Crippen molar-refractivity contribution in [2.45, 2.75) is 20.6 Å². The minimum absolute atomic E-state index is 0.0175. The van der Waals surface area contributed by atoms with Gasteiger partial charge in [-0.05, 0) is 17.7 Å². The molecule has 0 radical (unpaired) electrons. The first-order chi connectivity index (χ1) is 17.7.